The Balaban J connectivity index is 2.44. The normalized spacial score (nSPS) is 11.2. The SMILES string of the molecule is CC(=O)NCC(O)(c1ccc(C)cc1)c1ccc(C)cc1. The summed E-state index contributed by atoms with van der Waals surface area (Å²) in [5.41, 5.74) is 2.57. The molecule has 0 saturated carbocycles. The highest BCUT2D eigenvalue weighted by Gasteiger charge is 2.31. The lowest BCUT2D eigenvalue weighted by Crippen LogP contribution is -2.41. The van der Waals surface area contributed by atoms with Gasteiger partial charge in [0.2, 0.25) is 5.91 Å². The zero-order valence-electron chi connectivity index (χ0n) is 12.7. The first-order valence-corrected chi connectivity index (χ1v) is 7.03. The minimum Gasteiger partial charge on any atom is -0.379 e. The Morgan fingerprint density at radius 2 is 1.33 bits per heavy atom. The van der Waals surface area contributed by atoms with Crippen LogP contribution in [0.5, 0.6) is 0 Å². The minimum atomic E-state index is -1.23. The average Bonchev–Trinajstić information content (AvgIpc) is 2.46. The van der Waals surface area contributed by atoms with Gasteiger partial charge < -0.3 is 10.4 Å². The summed E-state index contributed by atoms with van der Waals surface area (Å²) in [5, 5.41) is 13.9. The molecule has 2 aromatic rings. The van der Waals surface area contributed by atoms with Crippen LogP contribution in [0, 0.1) is 13.8 Å². The van der Waals surface area contributed by atoms with Crippen molar-refractivity contribution in [3.05, 3.63) is 70.8 Å². The van der Waals surface area contributed by atoms with E-state index in [1.54, 1.807) is 0 Å². The third-order valence-electron chi connectivity index (χ3n) is 3.65. The molecule has 2 rings (SSSR count). The predicted molar refractivity (Wildman–Crippen MR) is 84.0 cm³/mol. The zero-order chi connectivity index (χ0) is 15.5. The maximum atomic E-state index is 11.2. The Bertz CT molecular complexity index is 569. The molecule has 0 atom stereocenters. The van der Waals surface area contributed by atoms with Gasteiger partial charge in [0.05, 0.1) is 6.54 Å². The molecule has 3 nitrogen and oxygen atoms in total. The Labute approximate surface area is 125 Å². The molecule has 0 fully saturated rings. The lowest BCUT2D eigenvalue weighted by molar-refractivity contribution is -0.119. The summed E-state index contributed by atoms with van der Waals surface area (Å²) in [5.74, 6) is -0.160. The van der Waals surface area contributed by atoms with Crippen molar-refractivity contribution in [2.45, 2.75) is 26.4 Å². The standard InChI is InChI=1S/C18H21NO2/c1-13-4-8-16(9-5-13)18(21,12-19-15(3)20)17-10-6-14(2)7-11-17/h4-11,21H,12H2,1-3H3,(H,19,20). The van der Waals surface area contributed by atoms with Crippen molar-refractivity contribution < 1.29 is 9.90 Å². The molecule has 2 aromatic carbocycles. The molecule has 1 amide bonds. The lowest BCUT2D eigenvalue weighted by Gasteiger charge is -2.29. The van der Waals surface area contributed by atoms with Crippen LogP contribution in [0.4, 0.5) is 0 Å². The van der Waals surface area contributed by atoms with Gasteiger partial charge in [-0.2, -0.15) is 0 Å². The molecule has 21 heavy (non-hydrogen) atoms. The minimum absolute atomic E-state index is 0.147. The van der Waals surface area contributed by atoms with Crippen LogP contribution in [0.25, 0.3) is 0 Å². The number of carbonyl (C=O) groups is 1. The van der Waals surface area contributed by atoms with Crippen LogP contribution >= 0.6 is 0 Å². The number of hydrogen-bond donors (Lipinski definition) is 2. The van der Waals surface area contributed by atoms with Gasteiger partial charge in [0.15, 0.2) is 0 Å². The number of hydrogen-bond acceptors (Lipinski definition) is 2. The molecule has 0 aliphatic carbocycles. The van der Waals surface area contributed by atoms with E-state index >= 15 is 0 Å². The van der Waals surface area contributed by atoms with E-state index < -0.39 is 5.60 Å². The zero-order valence-corrected chi connectivity index (χ0v) is 12.7. The van der Waals surface area contributed by atoms with Crippen molar-refractivity contribution in [1.82, 2.24) is 5.32 Å². The highest BCUT2D eigenvalue weighted by atomic mass is 16.3. The fraction of sp³-hybridized carbons (Fsp3) is 0.278. The van der Waals surface area contributed by atoms with Crippen LogP contribution in [0.15, 0.2) is 48.5 Å². The monoisotopic (exact) mass is 283 g/mol. The van der Waals surface area contributed by atoms with E-state index in [0.29, 0.717) is 0 Å². The molecule has 0 bridgehead atoms. The molecule has 0 aliphatic rings. The van der Waals surface area contributed by atoms with Crippen molar-refractivity contribution in [2.24, 2.45) is 0 Å². The van der Waals surface area contributed by atoms with Gasteiger partial charge in [-0.25, -0.2) is 0 Å². The maximum Gasteiger partial charge on any atom is 0.216 e. The van der Waals surface area contributed by atoms with Gasteiger partial charge >= 0.3 is 0 Å². The van der Waals surface area contributed by atoms with E-state index in [-0.39, 0.29) is 12.5 Å². The topological polar surface area (TPSA) is 49.3 Å². The summed E-state index contributed by atoms with van der Waals surface area (Å²) < 4.78 is 0. The molecule has 0 aliphatic heterocycles. The summed E-state index contributed by atoms with van der Waals surface area (Å²) in [4.78, 5) is 11.2. The average molecular weight is 283 g/mol. The number of rotatable bonds is 4. The van der Waals surface area contributed by atoms with Gasteiger partial charge in [-0.15, -0.1) is 0 Å². The summed E-state index contributed by atoms with van der Waals surface area (Å²) in [6.07, 6.45) is 0. The van der Waals surface area contributed by atoms with E-state index in [4.69, 9.17) is 0 Å². The van der Waals surface area contributed by atoms with Crippen molar-refractivity contribution >= 4 is 5.91 Å². The lowest BCUT2D eigenvalue weighted by atomic mass is 9.85. The number of amides is 1. The first-order valence-electron chi connectivity index (χ1n) is 7.03. The quantitative estimate of drug-likeness (QED) is 0.906. The molecular formula is C18H21NO2. The molecule has 2 N–H and O–H groups in total. The molecular weight excluding hydrogens is 262 g/mol. The van der Waals surface area contributed by atoms with Gasteiger partial charge in [0.25, 0.3) is 0 Å². The third-order valence-corrected chi connectivity index (χ3v) is 3.65. The van der Waals surface area contributed by atoms with Crippen molar-refractivity contribution in [3.8, 4) is 0 Å². The third kappa shape index (κ3) is 3.50. The second kappa shape index (κ2) is 6.10. The highest BCUT2D eigenvalue weighted by Crippen LogP contribution is 2.29. The van der Waals surface area contributed by atoms with E-state index in [1.165, 1.54) is 6.92 Å². The summed E-state index contributed by atoms with van der Waals surface area (Å²) in [6.45, 7) is 5.60. The summed E-state index contributed by atoms with van der Waals surface area (Å²) in [7, 11) is 0. The van der Waals surface area contributed by atoms with E-state index in [9.17, 15) is 9.90 Å². The number of carbonyl (C=O) groups excluding carboxylic acids is 1. The number of aryl methyl sites for hydroxylation is 2. The molecule has 3 heteroatoms. The first-order chi connectivity index (χ1) is 9.91. The number of nitrogens with one attached hydrogen (secondary N) is 1. The largest absolute Gasteiger partial charge is 0.379 e. The first kappa shape index (κ1) is 15.3. The molecule has 0 radical (unpaired) electrons. The van der Waals surface area contributed by atoms with Crippen LogP contribution in [-0.2, 0) is 10.4 Å². The van der Waals surface area contributed by atoms with Crippen molar-refractivity contribution in [1.29, 1.82) is 0 Å². The van der Waals surface area contributed by atoms with Gasteiger partial charge in [0, 0.05) is 6.92 Å². The van der Waals surface area contributed by atoms with Crippen molar-refractivity contribution in [3.63, 3.8) is 0 Å². The van der Waals surface area contributed by atoms with Crippen LogP contribution in [-0.4, -0.2) is 17.6 Å². The molecule has 0 aromatic heterocycles. The van der Waals surface area contributed by atoms with E-state index in [0.717, 1.165) is 22.3 Å². The van der Waals surface area contributed by atoms with Crippen LogP contribution in [0.2, 0.25) is 0 Å². The van der Waals surface area contributed by atoms with Gasteiger partial charge in [-0.3, -0.25) is 4.79 Å². The summed E-state index contributed by atoms with van der Waals surface area (Å²) in [6, 6.07) is 15.4. The fourth-order valence-corrected chi connectivity index (χ4v) is 2.28. The Hall–Kier alpha value is -2.13. The Kier molecular flexibility index (Phi) is 4.43. The van der Waals surface area contributed by atoms with Gasteiger partial charge in [-0.05, 0) is 25.0 Å². The van der Waals surface area contributed by atoms with Crippen LogP contribution in [0.3, 0.4) is 0 Å². The highest BCUT2D eigenvalue weighted by molar-refractivity contribution is 5.73. The van der Waals surface area contributed by atoms with Gasteiger partial charge in [0.1, 0.15) is 5.60 Å². The van der Waals surface area contributed by atoms with Gasteiger partial charge in [-0.1, -0.05) is 59.7 Å². The summed E-state index contributed by atoms with van der Waals surface area (Å²) >= 11 is 0. The number of aliphatic hydroxyl groups is 1. The van der Waals surface area contributed by atoms with Crippen molar-refractivity contribution in [2.75, 3.05) is 6.54 Å². The second-order valence-corrected chi connectivity index (χ2v) is 5.50. The van der Waals surface area contributed by atoms with Crippen LogP contribution in [0.1, 0.15) is 29.2 Å². The predicted octanol–water partition coefficient (Wildman–Crippen LogP) is 2.68. The van der Waals surface area contributed by atoms with E-state index in [1.807, 2.05) is 62.4 Å². The fourth-order valence-electron chi connectivity index (χ4n) is 2.28. The maximum absolute atomic E-state index is 11.2. The molecule has 0 spiro atoms. The molecule has 0 saturated heterocycles. The molecule has 0 unspecified atom stereocenters. The Morgan fingerprint density at radius 3 is 1.67 bits per heavy atom. The number of benzene rings is 2. The molecule has 0 heterocycles. The van der Waals surface area contributed by atoms with Crippen LogP contribution < -0.4 is 5.32 Å². The van der Waals surface area contributed by atoms with E-state index in [2.05, 4.69) is 5.32 Å². The molecule has 110 valence electrons. The second-order valence-electron chi connectivity index (χ2n) is 5.50. The smallest absolute Gasteiger partial charge is 0.216 e. The Morgan fingerprint density at radius 1 is 0.952 bits per heavy atom.